The number of hydrogen-bond donors (Lipinski definition) is 0. The fraction of sp³-hybridized carbons (Fsp3) is 0.474. The number of aromatic nitrogens is 2. The van der Waals surface area contributed by atoms with Crippen LogP contribution in [-0.2, 0) is 20.9 Å². The van der Waals surface area contributed by atoms with E-state index in [1.165, 1.54) is 10.9 Å². The molecule has 3 fully saturated rings. The minimum Gasteiger partial charge on any atom is -0.351 e. The van der Waals surface area contributed by atoms with Crippen molar-refractivity contribution in [2.75, 3.05) is 19.7 Å². The third-order valence-electron chi connectivity index (χ3n) is 6.02. The number of amides is 2. The van der Waals surface area contributed by atoms with Gasteiger partial charge in [0.15, 0.2) is 5.72 Å². The second-order valence-electron chi connectivity index (χ2n) is 7.31. The van der Waals surface area contributed by atoms with E-state index in [1.54, 1.807) is 28.0 Å². The number of rotatable bonds is 3. The van der Waals surface area contributed by atoms with Crippen LogP contribution in [0.4, 0.5) is 0 Å². The lowest BCUT2D eigenvalue weighted by atomic mass is 10.1. The molecule has 3 aliphatic rings. The summed E-state index contributed by atoms with van der Waals surface area (Å²) in [5.41, 5.74) is -0.115. The first kappa shape index (κ1) is 16.4. The maximum Gasteiger partial charge on any atom is 0.261 e. The lowest BCUT2D eigenvalue weighted by Crippen LogP contribution is -2.48. The van der Waals surface area contributed by atoms with E-state index in [4.69, 9.17) is 4.74 Å². The molecule has 2 amide bonds. The van der Waals surface area contributed by atoms with Crippen LogP contribution in [0.15, 0.2) is 35.4 Å². The summed E-state index contributed by atoms with van der Waals surface area (Å²) in [4.78, 5) is 45.5. The van der Waals surface area contributed by atoms with E-state index in [0.29, 0.717) is 43.4 Å². The number of carbonyl (C=O) groups excluding carboxylic acids is 2. The zero-order chi connectivity index (χ0) is 18.6. The molecule has 2 atom stereocenters. The van der Waals surface area contributed by atoms with E-state index in [9.17, 15) is 14.4 Å². The molecule has 1 aromatic heterocycles. The minimum absolute atomic E-state index is 0.0536. The van der Waals surface area contributed by atoms with E-state index < -0.39 is 5.72 Å². The summed E-state index contributed by atoms with van der Waals surface area (Å²) in [7, 11) is 0. The van der Waals surface area contributed by atoms with Crippen molar-refractivity contribution in [2.45, 2.75) is 37.6 Å². The molecule has 0 bridgehead atoms. The lowest BCUT2D eigenvalue weighted by molar-refractivity contribution is -0.139. The van der Waals surface area contributed by atoms with Gasteiger partial charge in [-0.25, -0.2) is 4.98 Å². The number of aryl methyl sites for hydroxylation is 1. The molecule has 0 unspecified atom stereocenters. The third-order valence-corrected chi connectivity index (χ3v) is 6.02. The lowest BCUT2D eigenvalue weighted by Gasteiger charge is -2.31. The van der Waals surface area contributed by atoms with Gasteiger partial charge in [0.1, 0.15) is 0 Å². The first-order valence-electron chi connectivity index (χ1n) is 9.28. The van der Waals surface area contributed by atoms with Gasteiger partial charge >= 0.3 is 0 Å². The summed E-state index contributed by atoms with van der Waals surface area (Å²) < 4.78 is 7.39. The first-order chi connectivity index (χ1) is 13.1. The molecule has 27 heavy (non-hydrogen) atoms. The van der Waals surface area contributed by atoms with E-state index in [0.717, 1.165) is 0 Å². The number of hydrogen-bond acceptors (Lipinski definition) is 5. The van der Waals surface area contributed by atoms with Crippen molar-refractivity contribution in [3.63, 3.8) is 0 Å². The summed E-state index contributed by atoms with van der Waals surface area (Å²) in [6.07, 6.45) is 2.67. The molecule has 1 spiro atoms. The average molecular weight is 368 g/mol. The number of benzene rings is 1. The molecule has 140 valence electrons. The summed E-state index contributed by atoms with van der Waals surface area (Å²) >= 11 is 0. The standard InChI is InChI=1S/C19H20N4O4/c24-16(5-7-21-12-20-14-4-2-1-3-13(14)18(21)26)22-8-6-19-15(22)11-17(25)23(19)9-10-27-19/h1-4,12,15H,5-11H2/t15-,19+/m1/s1. The predicted octanol–water partition coefficient (Wildman–Crippen LogP) is 0.346. The van der Waals surface area contributed by atoms with Crippen LogP contribution in [0.25, 0.3) is 10.9 Å². The summed E-state index contributed by atoms with van der Waals surface area (Å²) in [6.45, 7) is 1.99. The fourth-order valence-electron chi connectivity index (χ4n) is 4.72. The molecular formula is C19H20N4O4. The summed E-state index contributed by atoms with van der Waals surface area (Å²) in [5.74, 6) is 0.00651. The Morgan fingerprint density at radius 3 is 3.00 bits per heavy atom. The van der Waals surface area contributed by atoms with Crippen molar-refractivity contribution in [3.8, 4) is 0 Å². The molecule has 3 aliphatic heterocycles. The highest BCUT2D eigenvalue weighted by Crippen LogP contribution is 2.45. The molecule has 2 aromatic rings. The van der Waals surface area contributed by atoms with Crippen molar-refractivity contribution < 1.29 is 14.3 Å². The highest BCUT2D eigenvalue weighted by molar-refractivity contribution is 5.84. The Bertz CT molecular complexity index is 1000. The van der Waals surface area contributed by atoms with Gasteiger partial charge in [0.2, 0.25) is 11.8 Å². The largest absolute Gasteiger partial charge is 0.351 e. The van der Waals surface area contributed by atoms with E-state index in [-0.39, 0.29) is 36.4 Å². The van der Waals surface area contributed by atoms with Gasteiger partial charge in [-0.1, -0.05) is 12.1 Å². The van der Waals surface area contributed by atoms with Crippen LogP contribution >= 0.6 is 0 Å². The number of ether oxygens (including phenoxy) is 1. The van der Waals surface area contributed by atoms with Crippen LogP contribution in [0.3, 0.4) is 0 Å². The molecule has 0 radical (unpaired) electrons. The van der Waals surface area contributed by atoms with E-state index in [2.05, 4.69) is 4.98 Å². The van der Waals surface area contributed by atoms with Gasteiger partial charge in [-0.05, 0) is 12.1 Å². The van der Waals surface area contributed by atoms with Crippen LogP contribution in [0.1, 0.15) is 19.3 Å². The number of likely N-dealkylation sites (tertiary alicyclic amines) is 1. The normalized spacial score (nSPS) is 26.7. The first-order valence-corrected chi connectivity index (χ1v) is 9.28. The van der Waals surface area contributed by atoms with Crippen molar-refractivity contribution in [1.82, 2.24) is 19.4 Å². The Morgan fingerprint density at radius 2 is 2.11 bits per heavy atom. The highest BCUT2D eigenvalue weighted by Gasteiger charge is 2.62. The van der Waals surface area contributed by atoms with E-state index in [1.807, 2.05) is 6.07 Å². The van der Waals surface area contributed by atoms with Gasteiger partial charge < -0.3 is 14.5 Å². The highest BCUT2D eigenvalue weighted by atomic mass is 16.5. The summed E-state index contributed by atoms with van der Waals surface area (Å²) in [5, 5.41) is 0.545. The van der Waals surface area contributed by atoms with Crippen molar-refractivity contribution >= 4 is 22.7 Å². The minimum atomic E-state index is -0.617. The molecule has 8 nitrogen and oxygen atoms in total. The van der Waals surface area contributed by atoms with Gasteiger partial charge in [-0.2, -0.15) is 0 Å². The summed E-state index contributed by atoms with van der Waals surface area (Å²) in [6, 6.07) is 6.95. The maximum atomic E-state index is 12.8. The average Bonchev–Trinajstić information content (AvgIpc) is 3.32. The van der Waals surface area contributed by atoms with Gasteiger partial charge in [-0.15, -0.1) is 0 Å². The monoisotopic (exact) mass is 368 g/mol. The second-order valence-corrected chi connectivity index (χ2v) is 7.31. The molecule has 4 heterocycles. The van der Waals surface area contributed by atoms with Gasteiger partial charge in [0.05, 0.1) is 36.3 Å². The van der Waals surface area contributed by atoms with E-state index >= 15 is 0 Å². The smallest absolute Gasteiger partial charge is 0.261 e. The molecule has 1 aromatic carbocycles. The SMILES string of the molecule is O=C(CCn1cnc2ccccc2c1=O)N1CC[C@@]23OCCN2C(=O)C[C@@H]13. The van der Waals surface area contributed by atoms with Gasteiger partial charge in [-0.3, -0.25) is 19.0 Å². The molecule has 3 saturated heterocycles. The molecule has 0 aliphatic carbocycles. The van der Waals surface area contributed by atoms with Crippen molar-refractivity contribution in [3.05, 3.63) is 40.9 Å². The number of nitrogens with zero attached hydrogens (tertiary/aromatic N) is 4. The van der Waals surface area contributed by atoms with Crippen LogP contribution in [-0.4, -0.2) is 62.6 Å². The number of fused-ring (bicyclic) bond motifs is 1. The van der Waals surface area contributed by atoms with Gasteiger partial charge in [0, 0.05) is 32.5 Å². The van der Waals surface area contributed by atoms with Crippen LogP contribution in [0.2, 0.25) is 0 Å². The Morgan fingerprint density at radius 1 is 1.26 bits per heavy atom. The Labute approximate surface area is 155 Å². The zero-order valence-corrected chi connectivity index (χ0v) is 14.8. The number of carbonyl (C=O) groups is 2. The second kappa shape index (κ2) is 5.88. The Balaban J connectivity index is 1.33. The number of para-hydroxylation sites is 1. The van der Waals surface area contributed by atoms with Gasteiger partial charge in [0.25, 0.3) is 5.56 Å². The van der Waals surface area contributed by atoms with Crippen molar-refractivity contribution in [2.24, 2.45) is 0 Å². The fourth-order valence-corrected chi connectivity index (χ4v) is 4.72. The third kappa shape index (κ3) is 2.32. The van der Waals surface area contributed by atoms with Crippen LogP contribution in [0, 0.1) is 0 Å². The zero-order valence-electron chi connectivity index (χ0n) is 14.8. The maximum absolute atomic E-state index is 12.8. The molecule has 8 heteroatoms. The molecular weight excluding hydrogens is 348 g/mol. The van der Waals surface area contributed by atoms with Crippen LogP contribution < -0.4 is 5.56 Å². The molecule has 5 rings (SSSR count). The molecule has 0 saturated carbocycles. The quantitative estimate of drug-likeness (QED) is 0.780. The Hall–Kier alpha value is -2.74. The molecule has 0 N–H and O–H groups in total. The predicted molar refractivity (Wildman–Crippen MR) is 95.8 cm³/mol. The van der Waals surface area contributed by atoms with Crippen LogP contribution in [0.5, 0.6) is 0 Å². The Kier molecular flexibility index (Phi) is 3.58. The topological polar surface area (TPSA) is 84.7 Å². The van der Waals surface area contributed by atoms with Crippen molar-refractivity contribution in [1.29, 1.82) is 0 Å².